The van der Waals surface area contributed by atoms with Crippen molar-refractivity contribution < 1.29 is 9.59 Å². The van der Waals surface area contributed by atoms with Crippen molar-refractivity contribution in [1.82, 2.24) is 14.3 Å². The van der Waals surface area contributed by atoms with Gasteiger partial charge in [-0.05, 0) is 38.2 Å². The molecule has 0 spiro atoms. The highest BCUT2D eigenvalue weighted by atomic mass is 32.2. The Bertz CT molecular complexity index is 990. The molecule has 0 bridgehead atoms. The average Bonchev–Trinajstić information content (AvgIpc) is 3.27. The number of carbonyl (C=O) groups excluding carboxylic acids is 2. The first-order chi connectivity index (χ1) is 13.1. The van der Waals surface area contributed by atoms with Crippen molar-refractivity contribution in [3.8, 4) is 0 Å². The summed E-state index contributed by atoms with van der Waals surface area (Å²) in [6.07, 6.45) is 5.57. The maximum atomic E-state index is 13.1. The summed E-state index contributed by atoms with van der Waals surface area (Å²) < 4.78 is 1.86. The van der Waals surface area contributed by atoms with Gasteiger partial charge in [-0.2, -0.15) is 0 Å². The normalized spacial score (nSPS) is 17.4. The lowest BCUT2D eigenvalue weighted by atomic mass is 9.90. The quantitative estimate of drug-likeness (QED) is 0.488. The lowest BCUT2D eigenvalue weighted by molar-refractivity contribution is 0.0630. The number of rotatable bonds is 4. The van der Waals surface area contributed by atoms with E-state index in [9.17, 15) is 9.59 Å². The minimum absolute atomic E-state index is 0.0337. The molecule has 1 saturated heterocycles. The lowest BCUT2D eigenvalue weighted by Crippen LogP contribution is -2.43. The molecular formula is C20H21N3O2S2. The topological polar surface area (TPSA) is 54.7 Å². The van der Waals surface area contributed by atoms with Crippen LogP contribution < -0.4 is 0 Å². The molecule has 27 heavy (non-hydrogen) atoms. The van der Waals surface area contributed by atoms with Gasteiger partial charge in [0.25, 0.3) is 5.91 Å². The maximum Gasteiger partial charge on any atom is 0.272 e. The third-order valence-electron chi connectivity index (χ3n) is 5.09. The number of carbonyl (C=O) groups is 2. The van der Waals surface area contributed by atoms with Gasteiger partial charge in [-0.25, -0.2) is 4.98 Å². The largest absolute Gasteiger partial charge is 0.337 e. The number of aromatic nitrogens is 2. The Morgan fingerprint density at radius 1 is 1.26 bits per heavy atom. The van der Waals surface area contributed by atoms with Gasteiger partial charge in [0.15, 0.2) is 10.7 Å². The molecule has 2 aromatic heterocycles. The number of nitrogens with zero attached hydrogens (tertiary/aromatic N) is 3. The van der Waals surface area contributed by atoms with Gasteiger partial charge in [0.2, 0.25) is 0 Å². The molecule has 3 heterocycles. The van der Waals surface area contributed by atoms with Crippen LogP contribution in [0, 0.1) is 12.8 Å². The van der Waals surface area contributed by atoms with Crippen molar-refractivity contribution >= 4 is 39.7 Å². The van der Waals surface area contributed by atoms with E-state index in [0.29, 0.717) is 18.8 Å². The number of likely N-dealkylation sites (tertiary alicyclic amines) is 1. The van der Waals surface area contributed by atoms with E-state index in [1.807, 2.05) is 58.3 Å². The van der Waals surface area contributed by atoms with Gasteiger partial charge in [-0.1, -0.05) is 12.1 Å². The zero-order valence-corrected chi connectivity index (χ0v) is 17.0. The van der Waals surface area contributed by atoms with E-state index in [-0.39, 0.29) is 17.6 Å². The molecule has 5 nitrogen and oxygen atoms in total. The second-order valence-corrected chi connectivity index (χ2v) is 8.54. The molecule has 0 N–H and O–H groups in total. The van der Waals surface area contributed by atoms with Crippen LogP contribution in [0.15, 0.2) is 40.7 Å². The first-order valence-corrected chi connectivity index (χ1v) is 11.1. The predicted molar refractivity (Wildman–Crippen MR) is 109 cm³/mol. The number of piperidine rings is 1. The van der Waals surface area contributed by atoms with Gasteiger partial charge in [-0.15, -0.1) is 23.1 Å². The minimum atomic E-state index is -0.144. The van der Waals surface area contributed by atoms with Crippen molar-refractivity contribution in [3.05, 3.63) is 52.8 Å². The van der Waals surface area contributed by atoms with E-state index in [1.54, 1.807) is 11.8 Å². The zero-order chi connectivity index (χ0) is 19.0. The third-order valence-corrected chi connectivity index (χ3v) is 6.59. The molecule has 3 aromatic rings. The number of thioether (sulfide) groups is 1. The van der Waals surface area contributed by atoms with Gasteiger partial charge in [0.05, 0.1) is 5.69 Å². The predicted octanol–water partition coefficient (Wildman–Crippen LogP) is 4.16. The zero-order valence-electron chi connectivity index (χ0n) is 15.3. The fraction of sp³-hybridized carbons (Fsp3) is 0.350. The molecule has 4 rings (SSSR count). The standard InChI is InChI=1S/C20H21N3O2S2/c1-13-17(23-10-11-27-20(23)21-13)19(25)22-9-3-4-15(12-22)18(24)14-5-7-16(26-2)8-6-14/h5-8,10-11,15H,3-4,9,12H2,1-2H3/t15-/m0/s1. The van der Waals surface area contributed by atoms with Crippen LogP contribution in [0.4, 0.5) is 0 Å². The Balaban J connectivity index is 1.53. The van der Waals surface area contributed by atoms with Crippen LogP contribution in [0.2, 0.25) is 0 Å². The number of ketones is 1. The molecule has 1 fully saturated rings. The van der Waals surface area contributed by atoms with E-state index < -0.39 is 0 Å². The summed E-state index contributed by atoms with van der Waals surface area (Å²) in [4.78, 5) is 34.3. The molecule has 0 aliphatic carbocycles. The van der Waals surface area contributed by atoms with Crippen LogP contribution in [-0.2, 0) is 0 Å². The number of amides is 1. The van der Waals surface area contributed by atoms with Crippen molar-refractivity contribution in [2.45, 2.75) is 24.7 Å². The number of thiazole rings is 1. The van der Waals surface area contributed by atoms with Crippen LogP contribution in [0.3, 0.4) is 0 Å². The van der Waals surface area contributed by atoms with Crippen LogP contribution in [-0.4, -0.2) is 45.3 Å². The van der Waals surface area contributed by atoms with Crippen LogP contribution in [0.1, 0.15) is 39.4 Å². The number of aryl methyl sites for hydroxylation is 1. The van der Waals surface area contributed by atoms with Crippen molar-refractivity contribution in [3.63, 3.8) is 0 Å². The molecule has 0 saturated carbocycles. The smallest absolute Gasteiger partial charge is 0.272 e. The second-order valence-electron chi connectivity index (χ2n) is 6.78. The summed E-state index contributed by atoms with van der Waals surface area (Å²) >= 11 is 3.18. The molecular weight excluding hydrogens is 378 g/mol. The second kappa shape index (κ2) is 7.48. The molecule has 0 radical (unpaired) electrons. The van der Waals surface area contributed by atoms with Gasteiger partial charge < -0.3 is 4.90 Å². The molecule has 1 aliphatic heterocycles. The molecule has 7 heteroatoms. The number of hydrogen-bond donors (Lipinski definition) is 0. The molecule has 1 aromatic carbocycles. The summed E-state index contributed by atoms with van der Waals surface area (Å²) in [5.41, 5.74) is 2.09. The monoisotopic (exact) mass is 399 g/mol. The Morgan fingerprint density at radius 3 is 2.78 bits per heavy atom. The fourth-order valence-electron chi connectivity index (χ4n) is 3.67. The summed E-state index contributed by atoms with van der Waals surface area (Å²) in [7, 11) is 0. The van der Waals surface area contributed by atoms with Gasteiger partial charge in [-0.3, -0.25) is 14.0 Å². The van der Waals surface area contributed by atoms with Crippen LogP contribution in [0.5, 0.6) is 0 Å². The fourth-order valence-corrected chi connectivity index (χ4v) is 4.84. The summed E-state index contributed by atoms with van der Waals surface area (Å²) in [5.74, 6) is -0.0477. The number of Topliss-reactive ketones (excluding diaryl/α,β-unsaturated/α-hetero) is 1. The van der Waals surface area contributed by atoms with Crippen molar-refractivity contribution in [1.29, 1.82) is 0 Å². The Labute approximate surface area is 166 Å². The molecule has 1 amide bonds. The Morgan fingerprint density at radius 2 is 2.04 bits per heavy atom. The van der Waals surface area contributed by atoms with Crippen LogP contribution >= 0.6 is 23.1 Å². The lowest BCUT2D eigenvalue weighted by Gasteiger charge is -2.32. The Hall–Kier alpha value is -2.12. The number of fused-ring (bicyclic) bond motifs is 1. The van der Waals surface area contributed by atoms with E-state index in [1.165, 1.54) is 11.3 Å². The van der Waals surface area contributed by atoms with Gasteiger partial charge in [0.1, 0.15) is 5.69 Å². The molecule has 140 valence electrons. The number of benzene rings is 1. The molecule has 0 unspecified atom stereocenters. The highest BCUT2D eigenvalue weighted by molar-refractivity contribution is 7.98. The molecule has 1 aliphatic rings. The molecule has 1 atom stereocenters. The van der Waals surface area contributed by atoms with E-state index in [2.05, 4.69) is 4.98 Å². The summed E-state index contributed by atoms with van der Waals surface area (Å²) in [5, 5.41) is 1.93. The van der Waals surface area contributed by atoms with Gasteiger partial charge in [0, 0.05) is 41.0 Å². The van der Waals surface area contributed by atoms with Gasteiger partial charge >= 0.3 is 0 Å². The first-order valence-electron chi connectivity index (χ1n) is 8.98. The first kappa shape index (κ1) is 18.3. The number of hydrogen-bond acceptors (Lipinski definition) is 5. The SMILES string of the molecule is CSc1ccc(C(=O)[C@H]2CCCN(C(=O)c3c(C)nc4sccn34)C2)cc1. The van der Waals surface area contributed by atoms with Crippen LogP contribution in [0.25, 0.3) is 4.96 Å². The summed E-state index contributed by atoms with van der Waals surface area (Å²) in [6.45, 7) is 3.02. The van der Waals surface area contributed by atoms with E-state index >= 15 is 0 Å². The maximum absolute atomic E-state index is 13.1. The minimum Gasteiger partial charge on any atom is -0.337 e. The summed E-state index contributed by atoms with van der Waals surface area (Å²) in [6, 6.07) is 7.75. The third kappa shape index (κ3) is 3.41. The highest BCUT2D eigenvalue weighted by Crippen LogP contribution is 2.25. The van der Waals surface area contributed by atoms with Crippen molar-refractivity contribution in [2.75, 3.05) is 19.3 Å². The average molecular weight is 400 g/mol. The van der Waals surface area contributed by atoms with E-state index in [4.69, 9.17) is 0 Å². The highest BCUT2D eigenvalue weighted by Gasteiger charge is 2.31. The van der Waals surface area contributed by atoms with E-state index in [0.717, 1.165) is 34.0 Å². The van der Waals surface area contributed by atoms with Crippen molar-refractivity contribution in [2.24, 2.45) is 5.92 Å². The number of imidazole rings is 1. The Kier molecular flexibility index (Phi) is 5.06.